The predicted octanol–water partition coefficient (Wildman–Crippen LogP) is 1.94. The second-order valence-corrected chi connectivity index (χ2v) is 7.94. The number of sulfone groups is 1. The topological polar surface area (TPSA) is 96.3 Å². The van der Waals surface area contributed by atoms with Crippen LogP contribution in [-0.4, -0.2) is 27.2 Å². The van der Waals surface area contributed by atoms with Crippen molar-refractivity contribution in [1.82, 2.24) is 5.32 Å². The molecule has 0 aliphatic heterocycles. The van der Waals surface area contributed by atoms with Gasteiger partial charge in [0.05, 0.1) is 24.0 Å². The average molecular weight is 372 g/mol. The highest BCUT2D eigenvalue weighted by Gasteiger charge is 2.17. The van der Waals surface area contributed by atoms with E-state index >= 15 is 0 Å². The van der Waals surface area contributed by atoms with Crippen LogP contribution in [0.2, 0.25) is 0 Å². The Bertz CT molecular complexity index is 900. The number of nitrogens with zero attached hydrogens (tertiary/aromatic N) is 1. The second kappa shape index (κ2) is 9.13. The molecule has 0 unspecified atom stereocenters. The van der Waals surface area contributed by atoms with Crippen LogP contribution in [-0.2, 0) is 38.3 Å². The molecule has 0 heterocycles. The van der Waals surface area contributed by atoms with Gasteiger partial charge in [-0.3, -0.25) is 4.79 Å². The molecule has 0 saturated heterocycles. The van der Waals surface area contributed by atoms with Crippen molar-refractivity contribution in [2.45, 2.75) is 18.9 Å². The highest BCUT2D eigenvalue weighted by Crippen LogP contribution is 2.09. The van der Waals surface area contributed by atoms with Gasteiger partial charge in [-0.1, -0.05) is 36.4 Å². The van der Waals surface area contributed by atoms with E-state index in [4.69, 9.17) is 10.00 Å². The number of amides is 1. The number of benzene rings is 2. The largest absolute Gasteiger partial charge is 0.380 e. The van der Waals surface area contributed by atoms with Crippen LogP contribution in [0.25, 0.3) is 0 Å². The third-order valence-electron chi connectivity index (χ3n) is 3.61. The fraction of sp³-hybridized carbons (Fsp3) is 0.263. The van der Waals surface area contributed by atoms with Gasteiger partial charge in [-0.05, 0) is 28.8 Å². The van der Waals surface area contributed by atoms with Crippen LogP contribution >= 0.6 is 0 Å². The average Bonchev–Trinajstić information content (AvgIpc) is 2.60. The lowest BCUT2D eigenvalue weighted by atomic mass is 10.1. The minimum absolute atomic E-state index is 0.241. The molecule has 0 bridgehead atoms. The van der Waals surface area contributed by atoms with Gasteiger partial charge in [0.15, 0.2) is 9.84 Å². The lowest BCUT2D eigenvalue weighted by Crippen LogP contribution is -2.30. The van der Waals surface area contributed by atoms with Crippen molar-refractivity contribution in [2.24, 2.45) is 0 Å². The Morgan fingerprint density at radius 3 is 2.46 bits per heavy atom. The van der Waals surface area contributed by atoms with Crippen molar-refractivity contribution in [3.8, 4) is 6.07 Å². The third-order valence-corrected chi connectivity index (χ3v) is 5.09. The molecule has 26 heavy (non-hydrogen) atoms. The molecule has 0 atom stereocenters. The number of methoxy groups -OCH3 is 1. The van der Waals surface area contributed by atoms with E-state index in [2.05, 4.69) is 5.32 Å². The van der Waals surface area contributed by atoms with E-state index in [9.17, 15) is 13.2 Å². The van der Waals surface area contributed by atoms with Gasteiger partial charge < -0.3 is 10.1 Å². The number of ether oxygens (including phenoxy) is 1. The Kier molecular flexibility index (Phi) is 6.89. The minimum Gasteiger partial charge on any atom is -0.380 e. The Morgan fingerprint density at radius 2 is 1.81 bits per heavy atom. The summed E-state index contributed by atoms with van der Waals surface area (Å²) in [4.78, 5) is 12.0. The summed E-state index contributed by atoms with van der Waals surface area (Å²) in [5, 5.41) is 11.4. The van der Waals surface area contributed by atoms with E-state index in [1.54, 1.807) is 31.4 Å². The highest BCUT2D eigenvalue weighted by molar-refractivity contribution is 7.91. The summed E-state index contributed by atoms with van der Waals surface area (Å²) in [5.74, 6) is -1.36. The summed E-state index contributed by atoms with van der Waals surface area (Å²) in [5.41, 5.74) is 2.86. The maximum atomic E-state index is 12.2. The fourth-order valence-corrected chi connectivity index (χ4v) is 3.73. The zero-order chi connectivity index (χ0) is 19.0. The predicted molar refractivity (Wildman–Crippen MR) is 97.6 cm³/mol. The lowest BCUT2D eigenvalue weighted by Gasteiger charge is -2.08. The maximum absolute atomic E-state index is 12.2. The molecule has 0 aromatic heterocycles. The molecule has 0 aliphatic rings. The normalized spacial score (nSPS) is 10.9. The van der Waals surface area contributed by atoms with Gasteiger partial charge in [0.25, 0.3) is 0 Å². The summed E-state index contributed by atoms with van der Waals surface area (Å²) in [7, 11) is -1.99. The first-order chi connectivity index (χ1) is 12.4. The number of carbonyl (C=O) groups is 1. The van der Waals surface area contributed by atoms with Crippen molar-refractivity contribution in [3.63, 3.8) is 0 Å². The molecule has 2 rings (SSSR count). The van der Waals surface area contributed by atoms with Gasteiger partial charge in [-0.2, -0.15) is 5.26 Å². The van der Waals surface area contributed by atoms with E-state index in [1.165, 1.54) is 0 Å². The molecule has 0 saturated carbocycles. The summed E-state index contributed by atoms with van der Waals surface area (Å²) < 4.78 is 29.4. The van der Waals surface area contributed by atoms with Crippen molar-refractivity contribution < 1.29 is 17.9 Å². The van der Waals surface area contributed by atoms with Gasteiger partial charge in [0.2, 0.25) is 5.91 Å². The van der Waals surface area contributed by atoms with Crippen LogP contribution in [0.5, 0.6) is 0 Å². The zero-order valence-electron chi connectivity index (χ0n) is 14.4. The number of nitrogens with one attached hydrogen (secondary N) is 1. The number of carbonyl (C=O) groups excluding carboxylic acids is 1. The summed E-state index contributed by atoms with van der Waals surface area (Å²) >= 11 is 0. The van der Waals surface area contributed by atoms with E-state index < -0.39 is 21.5 Å². The Morgan fingerprint density at radius 1 is 1.12 bits per heavy atom. The standard InChI is InChI=1S/C19H20N2O4S/c1-25-12-18-4-2-3-17(9-18)11-21-19(22)14-26(23,24)13-16-7-5-15(10-20)6-8-16/h2-9H,11-14H2,1H3,(H,21,22). The Balaban J connectivity index is 1.89. The smallest absolute Gasteiger partial charge is 0.235 e. The Hall–Kier alpha value is -2.69. The number of nitriles is 1. The lowest BCUT2D eigenvalue weighted by molar-refractivity contribution is -0.118. The summed E-state index contributed by atoms with van der Waals surface area (Å²) in [6.45, 7) is 0.726. The molecule has 2 aromatic rings. The number of hydrogen-bond donors (Lipinski definition) is 1. The monoisotopic (exact) mass is 372 g/mol. The number of rotatable bonds is 8. The summed E-state index contributed by atoms with van der Waals surface area (Å²) in [6, 6.07) is 15.8. The van der Waals surface area contributed by atoms with Crippen molar-refractivity contribution >= 4 is 15.7 Å². The van der Waals surface area contributed by atoms with Gasteiger partial charge in [-0.15, -0.1) is 0 Å². The van der Waals surface area contributed by atoms with Gasteiger partial charge >= 0.3 is 0 Å². The molecule has 6 nitrogen and oxygen atoms in total. The molecule has 0 fully saturated rings. The van der Waals surface area contributed by atoms with Crippen LogP contribution in [0.3, 0.4) is 0 Å². The van der Waals surface area contributed by atoms with Crippen molar-refractivity contribution in [3.05, 3.63) is 70.8 Å². The molecule has 7 heteroatoms. The van der Waals surface area contributed by atoms with Gasteiger partial charge in [-0.25, -0.2) is 8.42 Å². The van der Waals surface area contributed by atoms with Crippen LogP contribution in [0.1, 0.15) is 22.3 Å². The molecular weight excluding hydrogens is 352 g/mol. The first kappa shape index (κ1) is 19.6. The molecule has 0 radical (unpaired) electrons. The van der Waals surface area contributed by atoms with E-state index in [-0.39, 0.29) is 12.3 Å². The first-order valence-corrected chi connectivity index (χ1v) is 9.77. The molecule has 0 spiro atoms. The highest BCUT2D eigenvalue weighted by atomic mass is 32.2. The fourth-order valence-electron chi connectivity index (χ4n) is 2.43. The third kappa shape index (κ3) is 6.31. The van der Waals surface area contributed by atoms with E-state index in [1.807, 2.05) is 30.3 Å². The van der Waals surface area contributed by atoms with E-state index in [0.29, 0.717) is 17.7 Å². The van der Waals surface area contributed by atoms with Crippen LogP contribution in [0.15, 0.2) is 48.5 Å². The van der Waals surface area contributed by atoms with Crippen molar-refractivity contribution in [2.75, 3.05) is 12.9 Å². The molecule has 0 aliphatic carbocycles. The second-order valence-electron chi connectivity index (χ2n) is 5.87. The summed E-state index contributed by atoms with van der Waals surface area (Å²) in [6.07, 6.45) is 0. The quantitative estimate of drug-likeness (QED) is 0.764. The zero-order valence-corrected chi connectivity index (χ0v) is 15.3. The molecule has 1 amide bonds. The van der Waals surface area contributed by atoms with E-state index in [0.717, 1.165) is 11.1 Å². The minimum atomic E-state index is -3.59. The molecule has 1 N–H and O–H groups in total. The molecule has 136 valence electrons. The Labute approximate surface area is 153 Å². The molecule has 2 aromatic carbocycles. The van der Waals surface area contributed by atoms with Gasteiger partial charge in [0.1, 0.15) is 5.75 Å². The van der Waals surface area contributed by atoms with Crippen molar-refractivity contribution in [1.29, 1.82) is 5.26 Å². The maximum Gasteiger partial charge on any atom is 0.235 e. The number of hydrogen-bond acceptors (Lipinski definition) is 5. The van der Waals surface area contributed by atoms with Crippen LogP contribution in [0, 0.1) is 11.3 Å². The van der Waals surface area contributed by atoms with Crippen LogP contribution in [0.4, 0.5) is 0 Å². The SMILES string of the molecule is COCc1cccc(CNC(=O)CS(=O)(=O)Cc2ccc(C#N)cc2)c1. The van der Waals surface area contributed by atoms with Gasteiger partial charge in [0, 0.05) is 13.7 Å². The van der Waals surface area contributed by atoms with Crippen LogP contribution < -0.4 is 5.32 Å². The molecular formula is C19H20N2O4S. The first-order valence-electron chi connectivity index (χ1n) is 7.95.